The molecule has 0 aliphatic carbocycles. The van der Waals surface area contributed by atoms with Crippen molar-refractivity contribution in [2.75, 3.05) is 7.05 Å². The van der Waals surface area contributed by atoms with Crippen molar-refractivity contribution in [3.05, 3.63) is 47.5 Å². The summed E-state index contributed by atoms with van der Waals surface area (Å²) in [5.41, 5.74) is 0.704. The standard InChI is InChI=1S/C16H20N4O/c1-19(16(21)13-8-4-2-5-9-13)12-15-18-17-14-10-6-3-7-11-20(14)15/h2,4-5,8-9H,3,6-7,10-12H2,1H3. The van der Waals surface area contributed by atoms with Crippen molar-refractivity contribution in [3.8, 4) is 0 Å². The first-order valence-corrected chi connectivity index (χ1v) is 7.47. The highest BCUT2D eigenvalue weighted by Crippen LogP contribution is 2.15. The zero-order chi connectivity index (χ0) is 14.7. The summed E-state index contributed by atoms with van der Waals surface area (Å²) in [5.74, 6) is 1.96. The average Bonchev–Trinajstić information content (AvgIpc) is 2.75. The maximum Gasteiger partial charge on any atom is 0.254 e. The summed E-state index contributed by atoms with van der Waals surface area (Å²) in [6.07, 6.45) is 4.57. The molecule has 0 radical (unpaired) electrons. The number of carbonyl (C=O) groups is 1. The summed E-state index contributed by atoms with van der Waals surface area (Å²) in [5, 5.41) is 8.55. The first kappa shape index (κ1) is 13.8. The van der Waals surface area contributed by atoms with Gasteiger partial charge in [-0.25, -0.2) is 0 Å². The van der Waals surface area contributed by atoms with Gasteiger partial charge in [0, 0.05) is 25.6 Å². The van der Waals surface area contributed by atoms with Gasteiger partial charge in [0.2, 0.25) is 0 Å². The predicted octanol–water partition coefficient (Wildman–Crippen LogP) is 2.28. The summed E-state index contributed by atoms with van der Waals surface area (Å²) >= 11 is 0. The van der Waals surface area contributed by atoms with Crippen LogP contribution in [0.4, 0.5) is 0 Å². The second-order valence-corrected chi connectivity index (χ2v) is 5.52. The number of aryl methyl sites for hydroxylation is 1. The molecule has 0 spiro atoms. The van der Waals surface area contributed by atoms with Crippen LogP contribution in [0, 0.1) is 0 Å². The van der Waals surface area contributed by atoms with E-state index in [0.29, 0.717) is 12.1 Å². The van der Waals surface area contributed by atoms with Crippen LogP contribution in [0.1, 0.15) is 41.3 Å². The molecule has 0 saturated heterocycles. The van der Waals surface area contributed by atoms with Gasteiger partial charge in [0.1, 0.15) is 5.82 Å². The lowest BCUT2D eigenvalue weighted by Gasteiger charge is -2.17. The highest BCUT2D eigenvalue weighted by Gasteiger charge is 2.18. The lowest BCUT2D eigenvalue weighted by atomic mass is 10.2. The summed E-state index contributed by atoms with van der Waals surface area (Å²) in [4.78, 5) is 14.1. The van der Waals surface area contributed by atoms with Gasteiger partial charge in [-0.1, -0.05) is 24.6 Å². The molecule has 1 aromatic heterocycles. The Kier molecular flexibility index (Phi) is 3.99. The van der Waals surface area contributed by atoms with E-state index in [4.69, 9.17) is 0 Å². The second kappa shape index (κ2) is 6.08. The predicted molar refractivity (Wildman–Crippen MR) is 79.8 cm³/mol. The minimum absolute atomic E-state index is 0.0153. The smallest absolute Gasteiger partial charge is 0.254 e. The van der Waals surface area contributed by atoms with Gasteiger partial charge >= 0.3 is 0 Å². The molecule has 0 atom stereocenters. The molecule has 5 nitrogen and oxygen atoms in total. The molecule has 0 fully saturated rings. The Balaban J connectivity index is 1.75. The Morgan fingerprint density at radius 1 is 1.19 bits per heavy atom. The average molecular weight is 284 g/mol. The number of carbonyl (C=O) groups excluding carboxylic acids is 1. The molecule has 110 valence electrons. The van der Waals surface area contributed by atoms with Crippen LogP contribution in [0.15, 0.2) is 30.3 Å². The van der Waals surface area contributed by atoms with E-state index in [-0.39, 0.29) is 5.91 Å². The van der Waals surface area contributed by atoms with Gasteiger partial charge in [0.15, 0.2) is 5.82 Å². The van der Waals surface area contributed by atoms with E-state index >= 15 is 0 Å². The molecule has 3 rings (SSSR count). The van der Waals surface area contributed by atoms with Crippen molar-refractivity contribution in [2.24, 2.45) is 0 Å². The fraction of sp³-hybridized carbons (Fsp3) is 0.438. The number of fused-ring (bicyclic) bond motifs is 1. The Hall–Kier alpha value is -2.17. The van der Waals surface area contributed by atoms with Crippen molar-refractivity contribution in [1.82, 2.24) is 19.7 Å². The number of hydrogen-bond donors (Lipinski definition) is 0. The molecular formula is C16H20N4O. The maximum absolute atomic E-state index is 12.4. The molecule has 0 N–H and O–H groups in total. The van der Waals surface area contributed by atoms with E-state index in [0.717, 1.165) is 31.0 Å². The Labute approximate surface area is 124 Å². The second-order valence-electron chi connectivity index (χ2n) is 5.52. The van der Waals surface area contributed by atoms with Crippen molar-refractivity contribution in [3.63, 3.8) is 0 Å². The molecule has 2 aromatic rings. The molecule has 0 bridgehead atoms. The van der Waals surface area contributed by atoms with Gasteiger partial charge in [-0.2, -0.15) is 0 Å². The number of amides is 1. The SMILES string of the molecule is CN(Cc1nnc2n1CCCCC2)C(=O)c1ccccc1. The van der Waals surface area contributed by atoms with Crippen LogP contribution in [0.5, 0.6) is 0 Å². The fourth-order valence-electron chi connectivity index (χ4n) is 2.75. The molecule has 0 unspecified atom stereocenters. The van der Waals surface area contributed by atoms with E-state index in [1.807, 2.05) is 37.4 Å². The lowest BCUT2D eigenvalue weighted by Crippen LogP contribution is -2.27. The van der Waals surface area contributed by atoms with Gasteiger partial charge < -0.3 is 9.47 Å². The zero-order valence-corrected chi connectivity index (χ0v) is 12.3. The molecule has 5 heteroatoms. The normalized spacial score (nSPS) is 14.3. The van der Waals surface area contributed by atoms with Crippen molar-refractivity contribution in [2.45, 2.75) is 38.8 Å². The molecule has 2 heterocycles. The van der Waals surface area contributed by atoms with Gasteiger partial charge in [0.25, 0.3) is 5.91 Å². The van der Waals surface area contributed by atoms with E-state index in [1.54, 1.807) is 4.90 Å². The number of benzene rings is 1. The van der Waals surface area contributed by atoms with Gasteiger partial charge in [-0.15, -0.1) is 10.2 Å². The summed E-state index contributed by atoms with van der Waals surface area (Å²) in [6, 6.07) is 9.34. The third-order valence-corrected chi connectivity index (χ3v) is 3.93. The number of aromatic nitrogens is 3. The quantitative estimate of drug-likeness (QED) is 0.869. The maximum atomic E-state index is 12.4. The van der Waals surface area contributed by atoms with Crippen molar-refractivity contribution in [1.29, 1.82) is 0 Å². The molecule has 1 aromatic carbocycles. The zero-order valence-electron chi connectivity index (χ0n) is 12.3. The number of hydrogen-bond acceptors (Lipinski definition) is 3. The minimum atomic E-state index is 0.0153. The summed E-state index contributed by atoms with van der Waals surface area (Å²) in [7, 11) is 1.81. The molecule has 0 saturated carbocycles. The van der Waals surface area contributed by atoms with Crippen LogP contribution in [-0.2, 0) is 19.5 Å². The number of nitrogens with zero attached hydrogens (tertiary/aromatic N) is 4. The minimum Gasteiger partial charge on any atom is -0.334 e. The Bertz CT molecular complexity index is 620. The van der Waals surface area contributed by atoms with Gasteiger partial charge in [-0.3, -0.25) is 4.79 Å². The van der Waals surface area contributed by atoms with E-state index in [9.17, 15) is 4.79 Å². The van der Waals surface area contributed by atoms with Gasteiger partial charge in [0.05, 0.1) is 6.54 Å². The first-order valence-electron chi connectivity index (χ1n) is 7.47. The van der Waals surface area contributed by atoms with Crippen LogP contribution >= 0.6 is 0 Å². The molecule has 1 amide bonds. The molecule has 1 aliphatic rings. The van der Waals surface area contributed by atoms with E-state index in [1.165, 1.54) is 12.8 Å². The molecule has 1 aliphatic heterocycles. The molecule has 21 heavy (non-hydrogen) atoms. The van der Waals surface area contributed by atoms with Crippen LogP contribution in [-0.4, -0.2) is 32.6 Å². The van der Waals surface area contributed by atoms with Crippen LogP contribution in [0.3, 0.4) is 0 Å². The fourth-order valence-corrected chi connectivity index (χ4v) is 2.75. The monoisotopic (exact) mass is 284 g/mol. The van der Waals surface area contributed by atoms with Crippen molar-refractivity contribution < 1.29 is 4.79 Å². The van der Waals surface area contributed by atoms with Gasteiger partial charge in [-0.05, 0) is 25.0 Å². The van der Waals surface area contributed by atoms with E-state index in [2.05, 4.69) is 14.8 Å². The molecular weight excluding hydrogens is 264 g/mol. The number of rotatable bonds is 3. The third-order valence-electron chi connectivity index (χ3n) is 3.93. The Morgan fingerprint density at radius 2 is 2.00 bits per heavy atom. The van der Waals surface area contributed by atoms with Crippen LogP contribution in [0.25, 0.3) is 0 Å². The van der Waals surface area contributed by atoms with Crippen molar-refractivity contribution >= 4 is 5.91 Å². The highest BCUT2D eigenvalue weighted by molar-refractivity contribution is 5.93. The highest BCUT2D eigenvalue weighted by atomic mass is 16.2. The topological polar surface area (TPSA) is 51.0 Å². The largest absolute Gasteiger partial charge is 0.334 e. The van der Waals surface area contributed by atoms with Crippen LogP contribution in [0.2, 0.25) is 0 Å². The summed E-state index contributed by atoms with van der Waals surface area (Å²) in [6.45, 7) is 1.46. The summed E-state index contributed by atoms with van der Waals surface area (Å²) < 4.78 is 2.18. The van der Waals surface area contributed by atoms with Crippen LogP contribution < -0.4 is 0 Å². The third kappa shape index (κ3) is 2.96. The Morgan fingerprint density at radius 3 is 2.81 bits per heavy atom. The van der Waals surface area contributed by atoms with E-state index < -0.39 is 0 Å². The lowest BCUT2D eigenvalue weighted by molar-refractivity contribution is 0.0780. The first-order chi connectivity index (χ1) is 10.3.